The van der Waals surface area contributed by atoms with Crippen molar-refractivity contribution in [3.05, 3.63) is 17.0 Å². The fourth-order valence-electron chi connectivity index (χ4n) is 0.977. The topological polar surface area (TPSA) is 87.7 Å². The van der Waals surface area contributed by atoms with E-state index in [0.717, 1.165) is 11.3 Å². The number of carboxylic acid groups (broad SMARTS) is 1. The zero-order valence-electron chi connectivity index (χ0n) is 9.52. The largest absolute Gasteiger partial charge is 0.478 e. The van der Waals surface area contributed by atoms with Crippen LogP contribution in [-0.4, -0.2) is 23.7 Å². The Labute approximate surface area is 103 Å². The minimum absolute atomic E-state index is 0.0639. The molecule has 0 bridgehead atoms. The number of rotatable bonds is 5. The zero-order valence-corrected chi connectivity index (χ0v) is 10.3. The van der Waals surface area contributed by atoms with Gasteiger partial charge in [0.25, 0.3) is 0 Å². The first-order valence-electron chi connectivity index (χ1n) is 5.00. The van der Waals surface area contributed by atoms with Crippen LogP contribution in [0.25, 0.3) is 0 Å². The number of carbonyl (C=O) groups excluding carboxylic acids is 1. The van der Waals surface area contributed by atoms with Gasteiger partial charge in [-0.25, -0.2) is 15.1 Å². The van der Waals surface area contributed by atoms with Gasteiger partial charge in [0.1, 0.15) is 5.00 Å². The lowest BCUT2D eigenvalue weighted by molar-refractivity contribution is 0.0482. The number of carbonyl (C=O) groups is 2. The Morgan fingerprint density at radius 2 is 2.24 bits per heavy atom. The van der Waals surface area contributed by atoms with E-state index in [-0.39, 0.29) is 10.6 Å². The van der Waals surface area contributed by atoms with Crippen LogP contribution in [0.2, 0.25) is 0 Å². The molecule has 0 spiro atoms. The van der Waals surface area contributed by atoms with Crippen LogP contribution >= 0.6 is 11.3 Å². The second-order valence-corrected chi connectivity index (χ2v) is 4.65. The molecule has 0 unspecified atom stereocenters. The molecule has 2 amide bonds. The summed E-state index contributed by atoms with van der Waals surface area (Å²) < 4.78 is 0. The number of nitrogens with one attached hydrogen (secondary N) is 2. The number of aromatic carboxylic acids is 1. The number of hydroxylamine groups is 1. The van der Waals surface area contributed by atoms with E-state index in [1.165, 1.54) is 6.07 Å². The molecule has 0 aliphatic carbocycles. The molecule has 6 nitrogen and oxygen atoms in total. The van der Waals surface area contributed by atoms with E-state index in [2.05, 4.69) is 10.8 Å². The molecular weight excluding hydrogens is 244 g/mol. The van der Waals surface area contributed by atoms with Gasteiger partial charge in [-0.15, -0.1) is 11.3 Å². The van der Waals surface area contributed by atoms with Crippen LogP contribution in [-0.2, 0) is 4.84 Å². The summed E-state index contributed by atoms with van der Waals surface area (Å²) in [6, 6.07) is 0.841. The summed E-state index contributed by atoms with van der Waals surface area (Å²) in [5.74, 6) is -0.781. The number of amides is 2. The second kappa shape index (κ2) is 6.21. The van der Waals surface area contributed by atoms with E-state index < -0.39 is 12.0 Å². The Kier molecular flexibility index (Phi) is 4.92. The third-order valence-corrected chi connectivity index (χ3v) is 2.53. The van der Waals surface area contributed by atoms with Gasteiger partial charge in [-0.3, -0.25) is 10.2 Å². The molecule has 1 rings (SSSR count). The van der Waals surface area contributed by atoms with Crippen molar-refractivity contribution in [2.24, 2.45) is 5.92 Å². The van der Waals surface area contributed by atoms with Crippen molar-refractivity contribution >= 4 is 28.3 Å². The maximum Gasteiger partial charge on any atom is 0.343 e. The summed E-state index contributed by atoms with van der Waals surface area (Å²) in [4.78, 5) is 27.0. The number of thiophene rings is 1. The van der Waals surface area contributed by atoms with Crippen LogP contribution < -0.4 is 10.8 Å². The molecule has 0 saturated carbocycles. The fraction of sp³-hybridized carbons (Fsp3) is 0.400. The zero-order chi connectivity index (χ0) is 12.8. The van der Waals surface area contributed by atoms with Crippen molar-refractivity contribution in [2.45, 2.75) is 13.8 Å². The molecule has 0 aliphatic heterocycles. The van der Waals surface area contributed by atoms with E-state index >= 15 is 0 Å². The highest BCUT2D eigenvalue weighted by Crippen LogP contribution is 2.22. The minimum atomic E-state index is -1.08. The van der Waals surface area contributed by atoms with E-state index in [1.54, 1.807) is 5.38 Å². The van der Waals surface area contributed by atoms with Crippen molar-refractivity contribution in [1.82, 2.24) is 5.48 Å². The average Bonchev–Trinajstić information content (AvgIpc) is 2.65. The van der Waals surface area contributed by atoms with Gasteiger partial charge in [-0.2, -0.15) is 0 Å². The first-order valence-corrected chi connectivity index (χ1v) is 5.88. The smallest absolute Gasteiger partial charge is 0.343 e. The third-order valence-electron chi connectivity index (χ3n) is 1.70. The normalized spacial score (nSPS) is 10.3. The molecular formula is C10H14N2O4S. The Morgan fingerprint density at radius 1 is 1.53 bits per heavy atom. The number of anilines is 1. The predicted octanol–water partition coefficient (Wildman–Crippen LogP) is 2.16. The Balaban J connectivity index is 2.45. The quantitative estimate of drug-likeness (QED) is 0.706. The summed E-state index contributed by atoms with van der Waals surface area (Å²) in [5, 5.41) is 13.1. The lowest BCUT2D eigenvalue weighted by Gasteiger charge is -2.08. The Morgan fingerprint density at radius 3 is 2.82 bits per heavy atom. The molecule has 0 atom stereocenters. The molecule has 1 aromatic rings. The molecule has 0 aromatic carbocycles. The fourth-order valence-corrected chi connectivity index (χ4v) is 1.75. The first-order chi connectivity index (χ1) is 8.00. The van der Waals surface area contributed by atoms with Gasteiger partial charge in [-0.1, -0.05) is 13.8 Å². The predicted molar refractivity (Wildman–Crippen MR) is 64.2 cm³/mol. The van der Waals surface area contributed by atoms with Crippen LogP contribution in [0.3, 0.4) is 0 Å². The molecule has 1 heterocycles. The summed E-state index contributed by atoms with van der Waals surface area (Å²) in [7, 11) is 0. The van der Waals surface area contributed by atoms with Crippen LogP contribution in [0.15, 0.2) is 11.4 Å². The van der Waals surface area contributed by atoms with Gasteiger partial charge in [0.15, 0.2) is 0 Å². The molecule has 17 heavy (non-hydrogen) atoms. The van der Waals surface area contributed by atoms with Gasteiger partial charge < -0.3 is 5.11 Å². The van der Waals surface area contributed by atoms with Crippen molar-refractivity contribution in [2.75, 3.05) is 11.9 Å². The minimum Gasteiger partial charge on any atom is -0.478 e. The summed E-state index contributed by atoms with van der Waals surface area (Å²) in [6.07, 6.45) is 0. The van der Waals surface area contributed by atoms with Crippen LogP contribution in [0.1, 0.15) is 24.2 Å². The van der Waals surface area contributed by atoms with Gasteiger partial charge in [0.05, 0.1) is 12.2 Å². The van der Waals surface area contributed by atoms with Crippen molar-refractivity contribution < 1.29 is 19.5 Å². The van der Waals surface area contributed by atoms with Gasteiger partial charge in [0.2, 0.25) is 0 Å². The highest BCUT2D eigenvalue weighted by Gasteiger charge is 2.13. The SMILES string of the molecule is CC(C)CONC(=O)Nc1sccc1C(=O)O. The molecule has 0 radical (unpaired) electrons. The molecule has 0 saturated heterocycles. The molecule has 0 aliphatic rings. The van der Waals surface area contributed by atoms with Crippen molar-refractivity contribution in [1.29, 1.82) is 0 Å². The summed E-state index contributed by atoms with van der Waals surface area (Å²) >= 11 is 1.14. The van der Waals surface area contributed by atoms with E-state index in [0.29, 0.717) is 12.5 Å². The lowest BCUT2D eigenvalue weighted by atomic mass is 10.2. The summed E-state index contributed by atoms with van der Waals surface area (Å²) in [6.45, 7) is 4.28. The van der Waals surface area contributed by atoms with E-state index in [9.17, 15) is 9.59 Å². The van der Waals surface area contributed by atoms with E-state index in [4.69, 9.17) is 9.94 Å². The standard InChI is InChI=1S/C10H14N2O4S/c1-6(2)5-16-12-10(15)11-8-7(9(13)14)3-4-17-8/h3-4,6H,5H2,1-2H3,(H,13,14)(H2,11,12,15). The molecule has 0 fully saturated rings. The van der Waals surface area contributed by atoms with Crippen LogP contribution in [0, 0.1) is 5.92 Å². The summed E-state index contributed by atoms with van der Waals surface area (Å²) in [5.41, 5.74) is 2.25. The Hall–Kier alpha value is -1.60. The van der Waals surface area contributed by atoms with Gasteiger partial charge in [0, 0.05) is 0 Å². The second-order valence-electron chi connectivity index (χ2n) is 3.73. The average molecular weight is 258 g/mol. The van der Waals surface area contributed by atoms with Crippen LogP contribution in [0.5, 0.6) is 0 Å². The maximum atomic E-state index is 11.3. The van der Waals surface area contributed by atoms with E-state index in [1.807, 2.05) is 13.8 Å². The maximum absolute atomic E-state index is 11.3. The van der Waals surface area contributed by atoms with Gasteiger partial charge >= 0.3 is 12.0 Å². The van der Waals surface area contributed by atoms with Crippen molar-refractivity contribution in [3.8, 4) is 0 Å². The van der Waals surface area contributed by atoms with Crippen LogP contribution in [0.4, 0.5) is 9.80 Å². The number of hydrogen-bond acceptors (Lipinski definition) is 4. The molecule has 3 N–H and O–H groups in total. The van der Waals surface area contributed by atoms with Gasteiger partial charge in [-0.05, 0) is 17.4 Å². The molecule has 7 heteroatoms. The van der Waals surface area contributed by atoms with Crippen molar-refractivity contribution in [3.63, 3.8) is 0 Å². The first kappa shape index (κ1) is 13.5. The monoisotopic (exact) mass is 258 g/mol. The molecule has 94 valence electrons. The number of carboxylic acids is 1. The third kappa shape index (κ3) is 4.41. The highest BCUT2D eigenvalue weighted by molar-refractivity contribution is 7.14. The Bertz CT molecular complexity index is 403. The highest BCUT2D eigenvalue weighted by atomic mass is 32.1. The number of urea groups is 1. The molecule has 1 aromatic heterocycles. The lowest BCUT2D eigenvalue weighted by Crippen LogP contribution is -2.30. The number of hydrogen-bond donors (Lipinski definition) is 3.